The summed E-state index contributed by atoms with van der Waals surface area (Å²) in [6.45, 7) is 2.76. The Morgan fingerprint density at radius 2 is 2.00 bits per heavy atom. The van der Waals surface area contributed by atoms with Crippen molar-refractivity contribution in [3.63, 3.8) is 0 Å². The second-order valence-corrected chi connectivity index (χ2v) is 5.12. The molecule has 0 saturated carbocycles. The monoisotopic (exact) mass is 329 g/mol. The first kappa shape index (κ1) is 18.0. The van der Waals surface area contributed by atoms with Crippen LogP contribution < -0.4 is 5.73 Å². The lowest BCUT2D eigenvalue weighted by atomic mass is 10.1. The summed E-state index contributed by atoms with van der Waals surface area (Å²) in [5, 5.41) is 0. The van der Waals surface area contributed by atoms with Gasteiger partial charge in [0, 0.05) is 18.2 Å². The van der Waals surface area contributed by atoms with Gasteiger partial charge in [0.25, 0.3) is 0 Å². The highest BCUT2D eigenvalue weighted by Crippen LogP contribution is 2.21. The maximum atomic E-state index is 5.98. The zero-order chi connectivity index (χ0) is 13.1. The molecule has 0 unspecified atom stereocenters. The Labute approximate surface area is 137 Å². The molecule has 0 aliphatic carbocycles. The molecule has 1 aliphatic rings. The summed E-state index contributed by atoms with van der Waals surface area (Å²) < 4.78 is 5.81. The Kier molecular flexibility index (Phi) is 7.18. The van der Waals surface area contributed by atoms with Gasteiger partial charge < -0.3 is 10.2 Å². The summed E-state index contributed by atoms with van der Waals surface area (Å²) in [5.74, 6) is 1.60. The molecule has 0 bridgehead atoms. The van der Waals surface area contributed by atoms with Crippen LogP contribution in [-0.4, -0.2) is 29.0 Å². The van der Waals surface area contributed by atoms with Crippen LogP contribution in [0.4, 0.5) is 0 Å². The quantitative estimate of drug-likeness (QED) is 0.939. The van der Waals surface area contributed by atoms with Crippen molar-refractivity contribution in [2.75, 3.05) is 13.1 Å². The van der Waals surface area contributed by atoms with Crippen LogP contribution in [0.3, 0.4) is 0 Å². The summed E-state index contributed by atoms with van der Waals surface area (Å²) in [6.07, 6.45) is 4.08. The molecular weight excluding hydrogens is 309 g/mol. The number of benzene rings is 1. The van der Waals surface area contributed by atoms with Gasteiger partial charge in [-0.25, -0.2) is 4.98 Å². The van der Waals surface area contributed by atoms with E-state index in [-0.39, 0.29) is 30.9 Å². The van der Waals surface area contributed by atoms with Crippen LogP contribution in [0.25, 0.3) is 11.3 Å². The van der Waals surface area contributed by atoms with E-state index in [4.69, 9.17) is 10.2 Å². The topological polar surface area (TPSA) is 55.3 Å². The molecule has 1 atom stereocenters. The van der Waals surface area contributed by atoms with E-state index in [1.54, 1.807) is 6.20 Å². The number of likely N-dealkylation sites (tertiary alicyclic amines) is 1. The third-order valence-electron chi connectivity index (χ3n) is 3.51. The van der Waals surface area contributed by atoms with Gasteiger partial charge in [0.05, 0.1) is 12.7 Å². The zero-order valence-electron chi connectivity index (χ0n) is 11.8. The smallest absolute Gasteiger partial charge is 0.209 e. The Hall–Kier alpha value is -1.07. The molecule has 4 nitrogen and oxygen atoms in total. The molecule has 1 fully saturated rings. The molecule has 2 heterocycles. The maximum Gasteiger partial charge on any atom is 0.209 e. The van der Waals surface area contributed by atoms with Crippen LogP contribution in [0.5, 0.6) is 0 Å². The van der Waals surface area contributed by atoms with E-state index in [1.165, 1.54) is 0 Å². The van der Waals surface area contributed by atoms with Crippen LogP contribution in [0, 0.1) is 0 Å². The Balaban J connectivity index is 0.00000110. The second-order valence-electron chi connectivity index (χ2n) is 5.12. The fourth-order valence-electron chi connectivity index (χ4n) is 2.55. The van der Waals surface area contributed by atoms with Gasteiger partial charge in [-0.1, -0.05) is 30.3 Å². The minimum Gasteiger partial charge on any atom is -0.439 e. The average Bonchev–Trinajstić information content (AvgIpc) is 2.88. The van der Waals surface area contributed by atoms with Crippen LogP contribution >= 0.6 is 24.8 Å². The molecule has 0 radical (unpaired) electrons. The number of hydrogen-bond acceptors (Lipinski definition) is 4. The van der Waals surface area contributed by atoms with Gasteiger partial charge in [-0.3, -0.25) is 4.90 Å². The number of aromatic nitrogens is 1. The van der Waals surface area contributed by atoms with Crippen molar-refractivity contribution in [2.24, 2.45) is 5.73 Å². The van der Waals surface area contributed by atoms with Crippen molar-refractivity contribution in [3.05, 3.63) is 42.4 Å². The highest BCUT2D eigenvalue weighted by atomic mass is 35.5. The van der Waals surface area contributed by atoms with Crippen LogP contribution in [0.2, 0.25) is 0 Å². The second kappa shape index (κ2) is 8.39. The van der Waals surface area contributed by atoms with Gasteiger partial charge in [0.2, 0.25) is 5.89 Å². The van der Waals surface area contributed by atoms with E-state index >= 15 is 0 Å². The average molecular weight is 330 g/mol. The minimum atomic E-state index is 0. The molecule has 2 aromatic rings. The highest BCUT2D eigenvalue weighted by molar-refractivity contribution is 5.85. The van der Waals surface area contributed by atoms with E-state index in [9.17, 15) is 0 Å². The van der Waals surface area contributed by atoms with Gasteiger partial charge in [0.15, 0.2) is 5.76 Å². The lowest BCUT2D eigenvalue weighted by Crippen LogP contribution is -2.42. The van der Waals surface area contributed by atoms with Crippen molar-refractivity contribution in [2.45, 2.75) is 25.4 Å². The molecule has 1 saturated heterocycles. The van der Waals surface area contributed by atoms with Crippen LogP contribution in [0.15, 0.2) is 40.9 Å². The summed E-state index contributed by atoms with van der Waals surface area (Å²) in [6, 6.07) is 10.3. The van der Waals surface area contributed by atoms with Gasteiger partial charge >= 0.3 is 0 Å². The molecule has 0 amide bonds. The number of halogens is 2. The number of piperidine rings is 1. The fraction of sp³-hybridized carbons (Fsp3) is 0.400. The van der Waals surface area contributed by atoms with Crippen molar-refractivity contribution in [3.8, 4) is 11.3 Å². The highest BCUT2D eigenvalue weighted by Gasteiger charge is 2.18. The number of rotatable bonds is 3. The summed E-state index contributed by atoms with van der Waals surface area (Å²) in [4.78, 5) is 6.68. The molecule has 6 heteroatoms. The molecule has 116 valence electrons. The largest absolute Gasteiger partial charge is 0.439 e. The normalized spacial score (nSPS) is 18.6. The maximum absolute atomic E-state index is 5.98. The Morgan fingerprint density at radius 1 is 1.24 bits per heavy atom. The van der Waals surface area contributed by atoms with Crippen molar-refractivity contribution in [1.29, 1.82) is 0 Å². The first-order chi connectivity index (χ1) is 9.31. The number of hydrogen-bond donors (Lipinski definition) is 1. The predicted molar refractivity (Wildman–Crippen MR) is 88.9 cm³/mol. The molecule has 2 N–H and O–H groups in total. The Bertz CT molecular complexity index is 533. The first-order valence-electron chi connectivity index (χ1n) is 6.79. The molecule has 1 aromatic heterocycles. The van der Waals surface area contributed by atoms with Crippen molar-refractivity contribution in [1.82, 2.24) is 9.88 Å². The van der Waals surface area contributed by atoms with Crippen molar-refractivity contribution < 1.29 is 4.42 Å². The standard InChI is InChI=1S/C15H19N3O.2ClH/c16-13-7-4-8-18(10-13)11-15-17-9-14(19-15)12-5-2-1-3-6-12;;/h1-3,5-6,9,13H,4,7-8,10-11,16H2;2*1H/t13-;;/m1../s1. The lowest BCUT2D eigenvalue weighted by molar-refractivity contribution is 0.185. The van der Waals surface area contributed by atoms with E-state index in [0.717, 1.165) is 49.7 Å². The molecular formula is C15H21Cl2N3O. The van der Waals surface area contributed by atoms with E-state index < -0.39 is 0 Å². The fourth-order valence-corrected chi connectivity index (χ4v) is 2.55. The number of nitrogens with zero attached hydrogens (tertiary/aromatic N) is 2. The lowest BCUT2D eigenvalue weighted by Gasteiger charge is -2.29. The third kappa shape index (κ3) is 4.71. The van der Waals surface area contributed by atoms with Crippen molar-refractivity contribution >= 4 is 24.8 Å². The molecule has 1 aromatic carbocycles. The molecule has 0 spiro atoms. The van der Waals surface area contributed by atoms with E-state index in [0.29, 0.717) is 0 Å². The van der Waals surface area contributed by atoms with Crippen LogP contribution in [0.1, 0.15) is 18.7 Å². The number of oxazole rings is 1. The third-order valence-corrected chi connectivity index (χ3v) is 3.51. The summed E-state index contributed by atoms with van der Waals surface area (Å²) in [7, 11) is 0. The molecule has 21 heavy (non-hydrogen) atoms. The van der Waals surface area contributed by atoms with E-state index in [1.807, 2.05) is 30.3 Å². The van der Waals surface area contributed by atoms with Crippen LogP contribution in [-0.2, 0) is 6.54 Å². The summed E-state index contributed by atoms with van der Waals surface area (Å²) >= 11 is 0. The Morgan fingerprint density at radius 3 is 2.71 bits per heavy atom. The summed E-state index contributed by atoms with van der Waals surface area (Å²) in [5.41, 5.74) is 7.05. The van der Waals surface area contributed by atoms with E-state index in [2.05, 4.69) is 9.88 Å². The van der Waals surface area contributed by atoms with Gasteiger partial charge in [-0.2, -0.15) is 0 Å². The van der Waals surface area contributed by atoms with Gasteiger partial charge in [0.1, 0.15) is 0 Å². The zero-order valence-corrected chi connectivity index (χ0v) is 13.4. The minimum absolute atomic E-state index is 0. The first-order valence-corrected chi connectivity index (χ1v) is 6.79. The van der Waals surface area contributed by atoms with Gasteiger partial charge in [-0.15, -0.1) is 24.8 Å². The molecule has 3 rings (SSSR count). The predicted octanol–water partition coefficient (Wildman–Crippen LogP) is 3.11. The van der Waals surface area contributed by atoms with Gasteiger partial charge in [-0.05, 0) is 19.4 Å². The number of nitrogens with two attached hydrogens (primary N) is 1. The molecule has 1 aliphatic heterocycles. The SMILES string of the molecule is Cl.Cl.N[C@@H]1CCCN(Cc2ncc(-c3ccccc3)o2)C1.